The summed E-state index contributed by atoms with van der Waals surface area (Å²) in [5.74, 6) is 0. The lowest BCUT2D eigenvalue weighted by Gasteiger charge is -2.25. The molecular formula is C9H21N3. The van der Waals surface area contributed by atoms with Gasteiger partial charge in [-0.25, -0.2) is 0 Å². The van der Waals surface area contributed by atoms with Crippen molar-refractivity contribution < 1.29 is 0 Å². The Balaban J connectivity index is 1.91. The summed E-state index contributed by atoms with van der Waals surface area (Å²) in [6.45, 7) is 5.48. The molecule has 72 valence electrons. The third-order valence-electron chi connectivity index (χ3n) is 2.25. The Labute approximate surface area is 75.3 Å². The topological polar surface area (TPSA) is 36.1 Å². The van der Waals surface area contributed by atoms with Crippen molar-refractivity contribution in [2.24, 2.45) is 0 Å². The second-order valence-corrected chi connectivity index (χ2v) is 3.38. The SMILES string of the molecule is CCCCCNC1CCNCN1. The first-order chi connectivity index (χ1) is 5.93. The highest BCUT2D eigenvalue weighted by Crippen LogP contribution is 1.94. The molecule has 0 saturated carbocycles. The van der Waals surface area contributed by atoms with Crippen molar-refractivity contribution >= 4 is 0 Å². The molecule has 0 aromatic rings. The van der Waals surface area contributed by atoms with Gasteiger partial charge in [0.1, 0.15) is 0 Å². The van der Waals surface area contributed by atoms with E-state index in [1.807, 2.05) is 0 Å². The molecule has 1 aliphatic rings. The Morgan fingerprint density at radius 1 is 1.42 bits per heavy atom. The van der Waals surface area contributed by atoms with Crippen LogP contribution >= 0.6 is 0 Å². The molecule has 0 amide bonds. The van der Waals surface area contributed by atoms with Crippen molar-refractivity contribution in [2.45, 2.75) is 38.8 Å². The van der Waals surface area contributed by atoms with E-state index in [-0.39, 0.29) is 0 Å². The van der Waals surface area contributed by atoms with Crippen LogP contribution in [-0.4, -0.2) is 25.9 Å². The first kappa shape index (κ1) is 9.96. The van der Waals surface area contributed by atoms with Crippen LogP contribution in [0.5, 0.6) is 0 Å². The Kier molecular flexibility index (Phi) is 5.32. The number of hydrogen-bond acceptors (Lipinski definition) is 3. The summed E-state index contributed by atoms with van der Waals surface area (Å²) in [7, 11) is 0. The summed E-state index contributed by atoms with van der Waals surface area (Å²) in [5, 5.41) is 10.1. The summed E-state index contributed by atoms with van der Waals surface area (Å²) in [6, 6.07) is 0. The van der Waals surface area contributed by atoms with Gasteiger partial charge in [-0.05, 0) is 25.9 Å². The Hall–Kier alpha value is -0.120. The number of hydrogen-bond donors (Lipinski definition) is 3. The smallest absolute Gasteiger partial charge is 0.0593 e. The van der Waals surface area contributed by atoms with E-state index in [0.29, 0.717) is 6.17 Å². The minimum atomic E-state index is 0.545. The van der Waals surface area contributed by atoms with Crippen LogP contribution < -0.4 is 16.0 Å². The van der Waals surface area contributed by atoms with E-state index in [4.69, 9.17) is 0 Å². The highest BCUT2D eigenvalue weighted by Gasteiger charge is 2.09. The van der Waals surface area contributed by atoms with E-state index in [1.165, 1.54) is 25.7 Å². The van der Waals surface area contributed by atoms with E-state index in [0.717, 1.165) is 19.8 Å². The standard InChI is InChI=1S/C9H21N3/c1-2-3-4-6-11-9-5-7-10-8-12-9/h9-12H,2-8H2,1H3. The average molecular weight is 171 g/mol. The second-order valence-electron chi connectivity index (χ2n) is 3.38. The van der Waals surface area contributed by atoms with E-state index in [9.17, 15) is 0 Å². The minimum Gasteiger partial charge on any atom is -0.304 e. The first-order valence-corrected chi connectivity index (χ1v) is 5.11. The van der Waals surface area contributed by atoms with Crippen LogP contribution in [0, 0.1) is 0 Å². The molecule has 0 radical (unpaired) electrons. The largest absolute Gasteiger partial charge is 0.304 e. The van der Waals surface area contributed by atoms with Gasteiger partial charge in [-0.1, -0.05) is 19.8 Å². The van der Waals surface area contributed by atoms with Crippen molar-refractivity contribution in [2.75, 3.05) is 19.8 Å². The lowest BCUT2D eigenvalue weighted by atomic mass is 10.2. The van der Waals surface area contributed by atoms with Crippen molar-refractivity contribution in [3.8, 4) is 0 Å². The van der Waals surface area contributed by atoms with Crippen LogP contribution in [-0.2, 0) is 0 Å². The average Bonchev–Trinajstić information content (AvgIpc) is 2.14. The molecule has 3 heteroatoms. The fourth-order valence-corrected chi connectivity index (χ4v) is 1.46. The maximum Gasteiger partial charge on any atom is 0.0593 e. The fourth-order valence-electron chi connectivity index (χ4n) is 1.46. The van der Waals surface area contributed by atoms with Gasteiger partial charge in [0.2, 0.25) is 0 Å². The van der Waals surface area contributed by atoms with Crippen molar-refractivity contribution in [3.63, 3.8) is 0 Å². The summed E-state index contributed by atoms with van der Waals surface area (Å²) in [6.07, 6.45) is 5.70. The molecule has 1 unspecified atom stereocenters. The predicted octanol–water partition coefficient (Wildman–Crippen LogP) is 0.633. The summed E-state index contributed by atoms with van der Waals surface area (Å²) < 4.78 is 0. The molecule has 1 fully saturated rings. The molecule has 0 spiro atoms. The van der Waals surface area contributed by atoms with Crippen molar-refractivity contribution in [1.29, 1.82) is 0 Å². The monoisotopic (exact) mass is 171 g/mol. The number of rotatable bonds is 5. The molecular weight excluding hydrogens is 150 g/mol. The molecule has 3 N–H and O–H groups in total. The molecule has 1 saturated heterocycles. The highest BCUT2D eigenvalue weighted by molar-refractivity contribution is 4.69. The number of nitrogens with one attached hydrogen (secondary N) is 3. The third kappa shape index (κ3) is 4.04. The molecule has 0 aliphatic carbocycles. The molecule has 3 nitrogen and oxygen atoms in total. The van der Waals surface area contributed by atoms with Gasteiger partial charge in [0.15, 0.2) is 0 Å². The van der Waals surface area contributed by atoms with Gasteiger partial charge in [-0.3, -0.25) is 5.32 Å². The fraction of sp³-hybridized carbons (Fsp3) is 1.00. The van der Waals surface area contributed by atoms with Crippen LogP contribution in [0.15, 0.2) is 0 Å². The van der Waals surface area contributed by atoms with Gasteiger partial charge in [-0.2, -0.15) is 0 Å². The van der Waals surface area contributed by atoms with Gasteiger partial charge < -0.3 is 10.6 Å². The Morgan fingerprint density at radius 3 is 3.00 bits per heavy atom. The Morgan fingerprint density at radius 2 is 2.33 bits per heavy atom. The second kappa shape index (κ2) is 6.40. The van der Waals surface area contributed by atoms with E-state index < -0.39 is 0 Å². The molecule has 12 heavy (non-hydrogen) atoms. The van der Waals surface area contributed by atoms with E-state index >= 15 is 0 Å². The van der Waals surface area contributed by atoms with Crippen molar-refractivity contribution in [3.05, 3.63) is 0 Å². The highest BCUT2D eigenvalue weighted by atomic mass is 15.2. The van der Waals surface area contributed by atoms with Crippen LogP contribution in [0.1, 0.15) is 32.6 Å². The van der Waals surface area contributed by atoms with Gasteiger partial charge >= 0.3 is 0 Å². The lowest BCUT2D eigenvalue weighted by molar-refractivity contribution is 0.334. The number of unbranched alkanes of at least 4 members (excludes halogenated alkanes) is 2. The molecule has 1 heterocycles. The van der Waals surface area contributed by atoms with Crippen LogP contribution in [0.4, 0.5) is 0 Å². The molecule has 1 rings (SSSR count). The van der Waals surface area contributed by atoms with Gasteiger partial charge in [0.05, 0.1) is 6.17 Å². The van der Waals surface area contributed by atoms with Crippen molar-refractivity contribution in [1.82, 2.24) is 16.0 Å². The zero-order valence-corrected chi connectivity index (χ0v) is 8.03. The molecule has 0 aromatic carbocycles. The van der Waals surface area contributed by atoms with E-state index in [1.54, 1.807) is 0 Å². The minimum absolute atomic E-state index is 0.545. The lowest BCUT2D eigenvalue weighted by Crippen LogP contribution is -2.52. The van der Waals surface area contributed by atoms with Gasteiger partial charge in [0, 0.05) is 6.67 Å². The normalized spacial score (nSPS) is 24.2. The van der Waals surface area contributed by atoms with E-state index in [2.05, 4.69) is 22.9 Å². The van der Waals surface area contributed by atoms with Gasteiger partial charge in [-0.15, -0.1) is 0 Å². The maximum atomic E-state index is 3.51. The van der Waals surface area contributed by atoms with Crippen LogP contribution in [0.25, 0.3) is 0 Å². The first-order valence-electron chi connectivity index (χ1n) is 5.11. The summed E-state index contributed by atoms with van der Waals surface area (Å²) in [4.78, 5) is 0. The Bertz CT molecular complexity index is 99.9. The summed E-state index contributed by atoms with van der Waals surface area (Å²) >= 11 is 0. The zero-order chi connectivity index (χ0) is 8.65. The molecule has 1 atom stereocenters. The third-order valence-corrected chi connectivity index (χ3v) is 2.25. The zero-order valence-electron chi connectivity index (χ0n) is 8.03. The molecule has 0 bridgehead atoms. The quantitative estimate of drug-likeness (QED) is 0.531. The van der Waals surface area contributed by atoms with Crippen LogP contribution in [0.2, 0.25) is 0 Å². The predicted molar refractivity (Wildman–Crippen MR) is 51.9 cm³/mol. The molecule has 1 aliphatic heterocycles. The van der Waals surface area contributed by atoms with Crippen LogP contribution in [0.3, 0.4) is 0 Å². The molecule has 0 aromatic heterocycles. The maximum absolute atomic E-state index is 3.51. The van der Waals surface area contributed by atoms with Gasteiger partial charge in [0.25, 0.3) is 0 Å². The summed E-state index contributed by atoms with van der Waals surface area (Å²) in [5.41, 5.74) is 0.